The van der Waals surface area contributed by atoms with E-state index in [9.17, 15) is 9.59 Å². The molecule has 0 atom stereocenters. The molecule has 0 spiro atoms. The molecular weight excluding hydrogens is 452 g/mol. The van der Waals surface area contributed by atoms with Crippen LogP contribution in [0.25, 0.3) is 0 Å². The maximum atomic E-state index is 13.1. The molecule has 8 heteroatoms. The average molecular weight is 481 g/mol. The second-order valence-electron chi connectivity index (χ2n) is 9.28. The van der Waals surface area contributed by atoms with Gasteiger partial charge in [0.25, 0.3) is 11.8 Å². The molecule has 5 rings (SSSR count). The third kappa shape index (κ3) is 5.20. The molecule has 1 N–H and O–H groups in total. The van der Waals surface area contributed by atoms with E-state index in [1.54, 1.807) is 30.6 Å². The van der Waals surface area contributed by atoms with Gasteiger partial charge in [0.2, 0.25) is 0 Å². The Bertz CT molecular complexity index is 1270. The van der Waals surface area contributed by atoms with Crippen LogP contribution in [-0.2, 0) is 0 Å². The monoisotopic (exact) mass is 480 g/mol. The van der Waals surface area contributed by atoms with E-state index < -0.39 is 0 Å². The third-order valence-electron chi connectivity index (χ3n) is 6.98. The molecule has 4 heterocycles. The number of carbonyl (C=O) groups excluding carboxylic acids is 2. The number of pyridine rings is 2. The first kappa shape index (κ1) is 23.5. The van der Waals surface area contributed by atoms with E-state index in [1.807, 2.05) is 35.2 Å². The zero-order valence-electron chi connectivity index (χ0n) is 20.1. The summed E-state index contributed by atoms with van der Waals surface area (Å²) in [5.41, 5.74) is 2.81. The standard InChI is InChI=1S/C28H28N6O2/c29-18-20-3-5-21(6-4-20)22-10-15-34(16-11-22)28(36)23-9-12-30-25(17-23)32-27(35)24-7-8-26(31-19-24)33-13-1-2-14-33/h3-9,12,17,19,22H,1-2,10-11,13-16H2,(H,30,32,35). The van der Waals surface area contributed by atoms with Crippen LogP contribution in [0.2, 0.25) is 0 Å². The van der Waals surface area contributed by atoms with E-state index in [4.69, 9.17) is 5.26 Å². The third-order valence-corrected chi connectivity index (χ3v) is 6.98. The minimum Gasteiger partial charge on any atom is -0.357 e. The first-order valence-electron chi connectivity index (χ1n) is 12.4. The van der Waals surface area contributed by atoms with Crippen LogP contribution in [0, 0.1) is 11.3 Å². The highest BCUT2D eigenvalue weighted by atomic mass is 16.2. The van der Waals surface area contributed by atoms with Crippen molar-refractivity contribution >= 4 is 23.5 Å². The highest BCUT2D eigenvalue weighted by Crippen LogP contribution is 2.29. The van der Waals surface area contributed by atoms with E-state index in [1.165, 1.54) is 18.4 Å². The minimum atomic E-state index is -0.309. The van der Waals surface area contributed by atoms with E-state index in [2.05, 4.69) is 26.3 Å². The number of amides is 2. The molecule has 0 bridgehead atoms. The van der Waals surface area contributed by atoms with Crippen molar-refractivity contribution in [3.63, 3.8) is 0 Å². The number of aromatic nitrogens is 2. The quantitative estimate of drug-likeness (QED) is 0.587. The van der Waals surface area contributed by atoms with Gasteiger partial charge in [-0.15, -0.1) is 0 Å². The molecule has 2 fully saturated rings. The summed E-state index contributed by atoms with van der Waals surface area (Å²) in [4.78, 5) is 38.6. The lowest BCUT2D eigenvalue weighted by molar-refractivity contribution is 0.0712. The largest absolute Gasteiger partial charge is 0.357 e. The van der Waals surface area contributed by atoms with Crippen molar-refractivity contribution in [2.75, 3.05) is 36.4 Å². The number of likely N-dealkylation sites (tertiary alicyclic amines) is 1. The number of benzene rings is 1. The van der Waals surface area contributed by atoms with Gasteiger partial charge >= 0.3 is 0 Å². The number of nitrogens with zero attached hydrogens (tertiary/aromatic N) is 5. The van der Waals surface area contributed by atoms with Crippen LogP contribution in [0.15, 0.2) is 60.9 Å². The lowest BCUT2D eigenvalue weighted by Gasteiger charge is -2.32. The summed E-state index contributed by atoms with van der Waals surface area (Å²) < 4.78 is 0. The highest BCUT2D eigenvalue weighted by Gasteiger charge is 2.25. The highest BCUT2D eigenvalue weighted by molar-refractivity contribution is 6.04. The van der Waals surface area contributed by atoms with Gasteiger partial charge in [-0.1, -0.05) is 12.1 Å². The summed E-state index contributed by atoms with van der Waals surface area (Å²) >= 11 is 0. The predicted molar refractivity (Wildman–Crippen MR) is 137 cm³/mol. The van der Waals surface area contributed by atoms with Crippen LogP contribution in [0.1, 0.15) is 63.4 Å². The first-order chi connectivity index (χ1) is 17.6. The Balaban J connectivity index is 1.18. The Morgan fingerprint density at radius 3 is 2.33 bits per heavy atom. The van der Waals surface area contributed by atoms with Crippen molar-refractivity contribution in [3.8, 4) is 6.07 Å². The fraction of sp³-hybridized carbons (Fsp3) is 0.321. The molecule has 2 aliphatic rings. The number of rotatable bonds is 5. The Hall–Kier alpha value is -4.25. The van der Waals surface area contributed by atoms with Gasteiger partial charge in [0.05, 0.1) is 17.2 Å². The lowest BCUT2D eigenvalue weighted by Crippen LogP contribution is -2.38. The second-order valence-corrected chi connectivity index (χ2v) is 9.28. The number of piperidine rings is 1. The zero-order valence-corrected chi connectivity index (χ0v) is 20.1. The molecule has 2 aliphatic heterocycles. The van der Waals surface area contributed by atoms with Crippen molar-refractivity contribution in [2.24, 2.45) is 0 Å². The molecule has 0 saturated carbocycles. The molecule has 3 aromatic rings. The Kier molecular flexibility index (Phi) is 6.89. The molecule has 36 heavy (non-hydrogen) atoms. The van der Waals surface area contributed by atoms with Crippen LogP contribution in [0.4, 0.5) is 11.6 Å². The Morgan fingerprint density at radius 1 is 0.917 bits per heavy atom. The molecule has 2 saturated heterocycles. The fourth-order valence-corrected chi connectivity index (χ4v) is 4.90. The van der Waals surface area contributed by atoms with E-state index >= 15 is 0 Å². The average Bonchev–Trinajstić information content (AvgIpc) is 3.48. The van der Waals surface area contributed by atoms with Gasteiger partial charge < -0.3 is 15.1 Å². The van der Waals surface area contributed by atoms with Crippen LogP contribution in [0.5, 0.6) is 0 Å². The smallest absolute Gasteiger partial charge is 0.258 e. The van der Waals surface area contributed by atoms with Gasteiger partial charge in [0, 0.05) is 44.1 Å². The van der Waals surface area contributed by atoms with E-state index in [0.29, 0.717) is 41.5 Å². The molecule has 0 unspecified atom stereocenters. The van der Waals surface area contributed by atoms with Crippen molar-refractivity contribution in [1.29, 1.82) is 5.26 Å². The van der Waals surface area contributed by atoms with Crippen molar-refractivity contribution in [3.05, 3.63) is 83.2 Å². The Morgan fingerprint density at radius 2 is 1.67 bits per heavy atom. The maximum absolute atomic E-state index is 13.1. The molecule has 2 amide bonds. The molecule has 1 aromatic carbocycles. The molecule has 2 aromatic heterocycles. The topological polar surface area (TPSA) is 102 Å². The molecule has 182 valence electrons. The molecule has 8 nitrogen and oxygen atoms in total. The number of nitriles is 1. The molecule has 0 radical (unpaired) electrons. The van der Waals surface area contributed by atoms with Gasteiger partial charge in [-0.25, -0.2) is 9.97 Å². The van der Waals surface area contributed by atoms with Gasteiger partial charge in [0.1, 0.15) is 11.6 Å². The number of nitrogens with one attached hydrogen (secondary N) is 1. The van der Waals surface area contributed by atoms with Crippen LogP contribution < -0.4 is 10.2 Å². The van der Waals surface area contributed by atoms with Gasteiger partial charge in [-0.05, 0) is 73.6 Å². The first-order valence-corrected chi connectivity index (χ1v) is 12.4. The van der Waals surface area contributed by atoms with Gasteiger partial charge in [-0.3, -0.25) is 9.59 Å². The van der Waals surface area contributed by atoms with E-state index in [0.717, 1.165) is 31.7 Å². The van der Waals surface area contributed by atoms with Crippen LogP contribution in [-0.4, -0.2) is 52.9 Å². The number of carbonyl (C=O) groups is 2. The van der Waals surface area contributed by atoms with Crippen molar-refractivity contribution in [2.45, 2.75) is 31.6 Å². The predicted octanol–water partition coefficient (Wildman–Crippen LogP) is 4.22. The van der Waals surface area contributed by atoms with Crippen LogP contribution >= 0.6 is 0 Å². The summed E-state index contributed by atoms with van der Waals surface area (Å²) in [6.45, 7) is 3.30. The van der Waals surface area contributed by atoms with Crippen molar-refractivity contribution < 1.29 is 9.59 Å². The number of anilines is 2. The molecule has 0 aliphatic carbocycles. The summed E-state index contributed by atoms with van der Waals surface area (Å²) in [7, 11) is 0. The SMILES string of the molecule is N#Cc1ccc(C2CCN(C(=O)c3ccnc(NC(=O)c4ccc(N5CCCC5)nc4)c3)CC2)cc1. The van der Waals surface area contributed by atoms with Gasteiger partial charge in [0.15, 0.2) is 0 Å². The summed E-state index contributed by atoms with van der Waals surface area (Å²) in [5.74, 6) is 1.22. The van der Waals surface area contributed by atoms with Crippen LogP contribution in [0.3, 0.4) is 0 Å². The normalized spacial score (nSPS) is 16.0. The maximum Gasteiger partial charge on any atom is 0.258 e. The fourth-order valence-electron chi connectivity index (χ4n) is 4.90. The second kappa shape index (κ2) is 10.6. The lowest BCUT2D eigenvalue weighted by atomic mass is 9.89. The zero-order chi connectivity index (χ0) is 24.9. The summed E-state index contributed by atoms with van der Waals surface area (Å²) in [6, 6.07) is 16.8. The summed E-state index contributed by atoms with van der Waals surface area (Å²) in [6.07, 6.45) is 7.19. The van der Waals surface area contributed by atoms with Gasteiger partial charge in [-0.2, -0.15) is 5.26 Å². The Labute approximate surface area is 210 Å². The van der Waals surface area contributed by atoms with Crippen molar-refractivity contribution in [1.82, 2.24) is 14.9 Å². The minimum absolute atomic E-state index is 0.0668. The number of hydrogen-bond acceptors (Lipinski definition) is 6. The summed E-state index contributed by atoms with van der Waals surface area (Å²) in [5, 5.41) is 11.8. The number of hydrogen-bond donors (Lipinski definition) is 1. The van der Waals surface area contributed by atoms with E-state index in [-0.39, 0.29) is 11.8 Å². The molecular formula is C28H28N6O2.